The third kappa shape index (κ3) is 3.36. The molecule has 21 heavy (non-hydrogen) atoms. The van der Waals surface area contributed by atoms with Gasteiger partial charge in [-0.3, -0.25) is 10.1 Å². The largest absolute Gasteiger partial charge is 0.479 e. The van der Waals surface area contributed by atoms with Gasteiger partial charge in [-0.1, -0.05) is 30.3 Å². The van der Waals surface area contributed by atoms with E-state index >= 15 is 0 Å². The van der Waals surface area contributed by atoms with Crippen molar-refractivity contribution in [3.8, 4) is 0 Å². The molecule has 0 aliphatic carbocycles. The van der Waals surface area contributed by atoms with Crippen LogP contribution >= 0.6 is 0 Å². The molecule has 108 valence electrons. The molecule has 1 atom stereocenters. The summed E-state index contributed by atoms with van der Waals surface area (Å²) in [5.41, 5.74) is 1.62. The molecule has 2 aromatic rings. The molecule has 0 saturated heterocycles. The van der Waals surface area contributed by atoms with Crippen LogP contribution < -0.4 is 5.32 Å². The molecule has 2 aromatic carbocycles. The first-order chi connectivity index (χ1) is 9.99. The third-order valence-electron chi connectivity index (χ3n) is 3.08. The van der Waals surface area contributed by atoms with Gasteiger partial charge in [0.15, 0.2) is 6.04 Å². The van der Waals surface area contributed by atoms with Gasteiger partial charge in [-0.2, -0.15) is 0 Å². The zero-order valence-corrected chi connectivity index (χ0v) is 11.3. The summed E-state index contributed by atoms with van der Waals surface area (Å²) >= 11 is 0. The number of aliphatic carboxylic acids is 1. The Hall–Kier alpha value is -2.89. The number of benzene rings is 2. The van der Waals surface area contributed by atoms with Crippen molar-refractivity contribution in [1.82, 2.24) is 0 Å². The molecule has 0 aliphatic rings. The van der Waals surface area contributed by atoms with E-state index in [1.807, 2.05) is 0 Å². The fourth-order valence-electron chi connectivity index (χ4n) is 2.05. The Kier molecular flexibility index (Phi) is 4.18. The molecule has 6 nitrogen and oxygen atoms in total. The summed E-state index contributed by atoms with van der Waals surface area (Å²) in [6, 6.07) is 12.3. The number of nitro groups is 1. The summed E-state index contributed by atoms with van der Waals surface area (Å²) in [4.78, 5) is 21.7. The number of hydrogen-bond acceptors (Lipinski definition) is 4. The Bertz CT molecular complexity index is 671. The van der Waals surface area contributed by atoms with E-state index in [0.717, 1.165) is 0 Å². The van der Waals surface area contributed by atoms with E-state index in [2.05, 4.69) is 5.32 Å². The predicted octanol–water partition coefficient (Wildman–Crippen LogP) is 3.14. The Morgan fingerprint density at radius 2 is 1.90 bits per heavy atom. The van der Waals surface area contributed by atoms with E-state index < -0.39 is 16.9 Å². The van der Waals surface area contributed by atoms with Gasteiger partial charge in [0.05, 0.1) is 4.92 Å². The number of nitro benzene ring substituents is 1. The first-order valence-corrected chi connectivity index (χ1v) is 6.28. The van der Waals surface area contributed by atoms with Crippen LogP contribution in [0.3, 0.4) is 0 Å². The van der Waals surface area contributed by atoms with Crippen molar-refractivity contribution in [3.05, 3.63) is 69.8 Å². The molecular formula is C15H14N2O4. The van der Waals surface area contributed by atoms with Crippen LogP contribution in [0.1, 0.15) is 17.2 Å². The summed E-state index contributed by atoms with van der Waals surface area (Å²) in [6.45, 7) is 1.61. The van der Waals surface area contributed by atoms with Crippen LogP contribution in [0.4, 0.5) is 11.4 Å². The molecule has 6 heteroatoms. The highest BCUT2D eigenvalue weighted by Crippen LogP contribution is 2.25. The number of carbonyl (C=O) groups is 1. The molecule has 0 fully saturated rings. The molecule has 0 bridgehead atoms. The van der Waals surface area contributed by atoms with E-state index in [1.165, 1.54) is 12.1 Å². The average Bonchev–Trinajstić information content (AvgIpc) is 2.45. The van der Waals surface area contributed by atoms with Gasteiger partial charge in [0.25, 0.3) is 5.69 Å². The Morgan fingerprint density at radius 3 is 2.43 bits per heavy atom. The van der Waals surface area contributed by atoms with E-state index in [-0.39, 0.29) is 5.69 Å². The minimum atomic E-state index is -1.02. The number of nitrogens with one attached hydrogen (secondary N) is 1. The molecule has 0 aromatic heterocycles. The quantitative estimate of drug-likeness (QED) is 0.650. The van der Waals surface area contributed by atoms with E-state index in [9.17, 15) is 20.0 Å². The fourth-order valence-corrected chi connectivity index (χ4v) is 2.05. The van der Waals surface area contributed by atoms with Gasteiger partial charge in [-0.05, 0) is 24.6 Å². The molecule has 2 rings (SSSR count). The first kappa shape index (κ1) is 14.5. The summed E-state index contributed by atoms with van der Waals surface area (Å²) in [5.74, 6) is -1.02. The molecule has 0 saturated carbocycles. The number of anilines is 1. The van der Waals surface area contributed by atoms with E-state index in [4.69, 9.17) is 0 Å². The molecule has 0 heterocycles. The van der Waals surface area contributed by atoms with Crippen LogP contribution in [-0.4, -0.2) is 16.0 Å². The third-order valence-corrected chi connectivity index (χ3v) is 3.08. The van der Waals surface area contributed by atoms with Crippen LogP contribution in [0.15, 0.2) is 48.5 Å². The SMILES string of the molecule is Cc1cc(NC(C(=O)O)c2ccccc2)ccc1[N+](=O)[O-]. The van der Waals surface area contributed by atoms with Crippen LogP contribution in [0, 0.1) is 17.0 Å². The van der Waals surface area contributed by atoms with Crippen molar-refractivity contribution in [1.29, 1.82) is 0 Å². The van der Waals surface area contributed by atoms with Crippen molar-refractivity contribution in [2.75, 3.05) is 5.32 Å². The predicted molar refractivity (Wildman–Crippen MR) is 78.3 cm³/mol. The Balaban J connectivity index is 2.28. The minimum absolute atomic E-state index is 0.00661. The standard InChI is InChI=1S/C15H14N2O4/c1-10-9-12(7-8-13(10)17(20)21)16-14(15(18)19)11-5-3-2-4-6-11/h2-9,14,16H,1H3,(H,18,19). The summed E-state index contributed by atoms with van der Waals surface area (Å²) in [5, 5.41) is 23.0. The first-order valence-electron chi connectivity index (χ1n) is 6.28. The zero-order valence-electron chi connectivity index (χ0n) is 11.3. The smallest absolute Gasteiger partial charge is 0.330 e. The summed E-state index contributed by atoms with van der Waals surface area (Å²) in [6.07, 6.45) is 0. The summed E-state index contributed by atoms with van der Waals surface area (Å²) < 4.78 is 0. The van der Waals surface area contributed by atoms with Gasteiger partial charge in [0.1, 0.15) is 0 Å². The second-order valence-electron chi connectivity index (χ2n) is 4.58. The van der Waals surface area contributed by atoms with Gasteiger partial charge in [-0.25, -0.2) is 4.79 Å². The van der Waals surface area contributed by atoms with Gasteiger partial charge in [0.2, 0.25) is 0 Å². The molecule has 0 spiro atoms. The fraction of sp³-hybridized carbons (Fsp3) is 0.133. The molecular weight excluding hydrogens is 272 g/mol. The lowest BCUT2D eigenvalue weighted by Gasteiger charge is -2.16. The lowest BCUT2D eigenvalue weighted by Crippen LogP contribution is -2.20. The molecule has 0 aliphatic heterocycles. The number of hydrogen-bond donors (Lipinski definition) is 2. The van der Waals surface area contributed by atoms with E-state index in [0.29, 0.717) is 16.8 Å². The Morgan fingerprint density at radius 1 is 1.24 bits per heavy atom. The van der Waals surface area contributed by atoms with E-state index in [1.54, 1.807) is 43.3 Å². The highest BCUT2D eigenvalue weighted by atomic mass is 16.6. The normalized spacial score (nSPS) is 11.7. The maximum absolute atomic E-state index is 11.4. The molecule has 2 N–H and O–H groups in total. The molecule has 0 radical (unpaired) electrons. The maximum Gasteiger partial charge on any atom is 0.330 e. The van der Waals surface area contributed by atoms with Crippen molar-refractivity contribution in [3.63, 3.8) is 0 Å². The van der Waals surface area contributed by atoms with Crippen LogP contribution in [0.25, 0.3) is 0 Å². The lowest BCUT2D eigenvalue weighted by atomic mass is 10.1. The highest BCUT2D eigenvalue weighted by molar-refractivity contribution is 5.79. The minimum Gasteiger partial charge on any atom is -0.479 e. The Labute approximate surface area is 121 Å². The van der Waals surface area contributed by atoms with Crippen molar-refractivity contribution >= 4 is 17.3 Å². The average molecular weight is 286 g/mol. The van der Waals surface area contributed by atoms with Gasteiger partial charge in [0, 0.05) is 17.3 Å². The van der Waals surface area contributed by atoms with Crippen LogP contribution in [0.5, 0.6) is 0 Å². The monoisotopic (exact) mass is 286 g/mol. The molecule has 1 unspecified atom stereocenters. The maximum atomic E-state index is 11.4. The lowest BCUT2D eigenvalue weighted by molar-refractivity contribution is -0.385. The summed E-state index contributed by atoms with van der Waals surface area (Å²) in [7, 11) is 0. The van der Waals surface area contributed by atoms with Gasteiger partial charge < -0.3 is 10.4 Å². The van der Waals surface area contributed by atoms with Crippen LogP contribution in [-0.2, 0) is 4.79 Å². The number of aryl methyl sites for hydroxylation is 1. The van der Waals surface area contributed by atoms with Crippen molar-refractivity contribution in [2.24, 2.45) is 0 Å². The zero-order chi connectivity index (χ0) is 15.4. The topological polar surface area (TPSA) is 92.5 Å². The van der Waals surface area contributed by atoms with Gasteiger partial charge >= 0.3 is 5.97 Å². The second kappa shape index (κ2) is 6.04. The molecule has 0 amide bonds. The second-order valence-corrected chi connectivity index (χ2v) is 4.58. The number of nitrogens with zero attached hydrogens (tertiary/aromatic N) is 1. The van der Waals surface area contributed by atoms with Gasteiger partial charge in [-0.15, -0.1) is 0 Å². The van der Waals surface area contributed by atoms with Crippen molar-refractivity contribution in [2.45, 2.75) is 13.0 Å². The number of carboxylic acids is 1. The number of rotatable bonds is 5. The number of carboxylic acid groups (broad SMARTS) is 1. The van der Waals surface area contributed by atoms with Crippen LogP contribution in [0.2, 0.25) is 0 Å². The highest BCUT2D eigenvalue weighted by Gasteiger charge is 2.20. The van der Waals surface area contributed by atoms with Crippen molar-refractivity contribution < 1.29 is 14.8 Å².